The SMILES string of the molecule is CCc1ncc(C)[nH]1.O.[Al]. The van der Waals surface area contributed by atoms with Crippen LogP contribution in [0.4, 0.5) is 0 Å². The van der Waals surface area contributed by atoms with E-state index in [9.17, 15) is 0 Å². The van der Waals surface area contributed by atoms with E-state index >= 15 is 0 Å². The van der Waals surface area contributed by atoms with Gasteiger partial charge in [-0.3, -0.25) is 0 Å². The van der Waals surface area contributed by atoms with Gasteiger partial charge in [-0.1, -0.05) is 6.92 Å². The van der Waals surface area contributed by atoms with Crippen molar-refractivity contribution < 1.29 is 5.48 Å². The Morgan fingerprint density at radius 3 is 2.40 bits per heavy atom. The van der Waals surface area contributed by atoms with Gasteiger partial charge < -0.3 is 10.5 Å². The zero-order chi connectivity index (χ0) is 5.98. The summed E-state index contributed by atoms with van der Waals surface area (Å²) in [6.45, 7) is 4.09. The molecule has 0 saturated heterocycles. The molecule has 3 nitrogen and oxygen atoms in total. The lowest BCUT2D eigenvalue weighted by molar-refractivity contribution is 0.824. The second kappa shape index (κ2) is 5.48. The first-order valence-corrected chi connectivity index (χ1v) is 2.83. The highest BCUT2D eigenvalue weighted by molar-refractivity contribution is 5.75. The number of hydrogen-bond acceptors (Lipinski definition) is 1. The van der Waals surface area contributed by atoms with E-state index in [0.717, 1.165) is 17.9 Å². The number of aromatic amines is 1. The van der Waals surface area contributed by atoms with Crippen molar-refractivity contribution in [3.63, 3.8) is 0 Å². The van der Waals surface area contributed by atoms with Crippen LogP contribution in [-0.2, 0) is 6.42 Å². The molecule has 0 spiro atoms. The van der Waals surface area contributed by atoms with Crippen LogP contribution in [0.2, 0.25) is 0 Å². The van der Waals surface area contributed by atoms with E-state index in [1.165, 1.54) is 0 Å². The molecular formula is C6H12AlN2O. The molecular weight excluding hydrogens is 143 g/mol. The van der Waals surface area contributed by atoms with Gasteiger partial charge in [0.1, 0.15) is 5.82 Å². The molecule has 3 N–H and O–H groups in total. The lowest BCUT2D eigenvalue weighted by Crippen LogP contribution is -1.80. The molecule has 1 heterocycles. The van der Waals surface area contributed by atoms with Gasteiger partial charge in [0.25, 0.3) is 0 Å². The number of aryl methyl sites for hydroxylation is 2. The van der Waals surface area contributed by atoms with Gasteiger partial charge in [0.15, 0.2) is 0 Å². The van der Waals surface area contributed by atoms with Gasteiger partial charge in [0, 0.05) is 35.7 Å². The molecule has 0 saturated carbocycles. The summed E-state index contributed by atoms with van der Waals surface area (Å²) in [4.78, 5) is 7.19. The lowest BCUT2D eigenvalue weighted by atomic mass is 10.5. The molecule has 4 heteroatoms. The summed E-state index contributed by atoms with van der Waals surface area (Å²) in [5.74, 6) is 1.07. The van der Waals surface area contributed by atoms with E-state index in [1.807, 2.05) is 13.1 Å². The van der Waals surface area contributed by atoms with Crippen LogP contribution in [0.25, 0.3) is 0 Å². The highest BCUT2D eigenvalue weighted by Crippen LogP contribution is 1.93. The topological polar surface area (TPSA) is 60.2 Å². The van der Waals surface area contributed by atoms with Gasteiger partial charge in [0.05, 0.1) is 0 Å². The Balaban J connectivity index is 0. The predicted octanol–water partition coefficient (Wildman–Crippen LogP) is 0.0750. The third kappa shape index (κ3) is 3.02. The number of rotatable bonds is 1. The van der Waals surface area contributed by atoms with Crippen molar-refractivity contribution >= 4 is 17.4 Å². The second-order valence-electron chi connectivity index (χ2n) is 1.87. The van der Waals surface area contributed by atoms with Crippen molar-refractivity contribution in [2.45, 2.75) is 20.3 Å². The Morgan fingerprint density at radius 1 is 1.60 bits per heavy atom. The number of imidazole rings is 1. The second-order valence-corrected chi connectivity index (χ2v) is 1.87. The molecule has 0 amide bonds. The molecule has 10 heavy (non-hydrogen) atoms. The number of nitrogens with one attached hydrogen (secondary N) is 1. The number of H-pyrrole nitrogens is 1. The van der Waals surface area contributed by atoms with Crippen LogP contribution in [-0.4, -0.2) is 32.8 Å². The van der Waals surface area contributed by atoms with E-state index < -0.39 is 0 Å². The molecule has 1 rings (SSSR count). The largest absolute Gasteiger partial charge is 0.412 e. The van der Waals surface area contributed by atoms with Gasteiger partial charge in [0.2, 0.25) is 0 Å². The third-order valence-corrected chi connectivity index (χ3v) is 1.09. The van der Waals surface area contributed by atoms with Gasteiger partial charge >= 0.3 is 0 Å². The van der Waals surface area contributed by atoms with Crippen molar-refractivity contribution in [3.05, 3.63) is 17.7 Å². The smallest absolute Gasteiger partial charge is 0.105 e. The Hall–Kier alpha value is -0.298. The molecule has 1 aromatic rings. The maximum absolute atomic E-state index is 4.08. The van der Waals surface area contributed by atoms with Gasteiger partial charge in [-0.2, -0.15) is 0 Å². The number of nitrogens with zero attached hydrogens (tertiary/aromatic N) is 1. The minimum absolute atomic E-state index is 0. The summed E-state index contributed by atoms with van der Waals surface area (Å²) in [7, 11) is 0. The van der Waals surface area contributed by atoms with Crippen molar-refractivity contribution in [3.8, 4) is 0 Å². The van der Waals surface area contributed by atoms with Crippen LogP contribution in [0.1, 0.15) is 18.4 Å². The molecule has 0 bridgehead atoms. The zero-order valence-corrected chi connectivity index (χ0v) is 7.46. The summed E-state index contributed by atoms with van der Waals surface area (Å²) in [6.07, 6.45) is 2.84. The van der Waals surface area contributed by atoms with Crippen LogP contribution in [0, 0.1) is 6.92 Å². The standard InChI is InChI=1S/C6H10N2.Al.H2O/c1-3-6-7-4-5(2)8-6;;/h4H,3H2,1-2H3,(H,7,8);;1H2. The van der Waals surface area contributed by atoms with E-state index in [-0.39, 0.29) is 22.8 Å². The average molecular weight is 155 g/mol. The summed E-state index contributed by atoms with van der Waals surface area (Å²) in [6, 6.07) is 0. The normalized spacial score (nSPS) is 7.80. The Bertz CT molecular complexity index is 176. The van der Waals surface area contributed by atoms with Crippen LogP contribution in [0.15, 0.2) is 6.20 Å². The van der Waals surface area contributed by atoms with Gasteiger partial charge in [-0.15, -0.1) is 0 Å². The first kappa shape index (κ1) is 12.4. The lowest BCUT2D eigenvalue weighted by Gasteiger charge is -1.82. The third-order valence-electron chi connectivity index (χ3n) is 1.09. The number of hydrogen-bond donors (Lipinski definition) is 1. The van der Waals surface area contributed by atoms with Gasteiger partial charge in [-0.05, 0) is 6.92 Å². The van der Waals surface area contributed by atoms with Crippen molar-refractivity contribution in [2.24, 2.45) is 0 Å². The maximum atomic E-state index is 4.08. The fraction of sp³-hybridized carbons (Fsp3) is 0.500. The Labute approximate surface area is 71.3 Å². The van der Waals surface area contributed by atoms with Gasteiger partial charge in [-0.25, -0.2) is 4.98 Å². The highest BCUT2D eigenvalue weighted by Gasteiger charge is 1.89. The van der Waals surface area contributed by atoms with Crippen LogP contribution >= 0.6 is 0 Å². The van der Waals surface area contributed by atoms with Crippen molar-refractivity contribution in [2.75, 3.05) is 0 Å². The molecule has 0 atom stereocenters. The molecule has 55 valence electrons. The summed E-state index contributed by atoms with van der Waals surface area (Å²) in [5.41, 5.74) is 1.14. The molecule has 0 aliphatic heterocycles. The van der Waals surface area contributed by atoms with E-state index in [1.54, 1.807) is 0 Å². The minimum Gasteiger partial charge on any atom is -0.412 e. The Morgan fingerprint density at radius 2 is 2.20 bits per heavy atom. The molecule has 0 aliphatic carbocycles. The summed E-state index contributed by atoms with van der Waals surface area (Å²) >= 11 is 0. The minimum atomic E-state index is 0. The average Bonchev–Trinajstić information content (AvgIpc) is 2.14. The fourth-order valence-electron chi connectivity index (χ4n) is 0.647. The zero-order valence-electron chi connectivity index (χ0n) is 6.31. The van der Waals surface area contributed by atoms with Crippen LogP contribution < -0.4 is 0 Å². The van der Waals surface area contributed by atoms with E-state index in [2.05, 4.69) is 16.9 Å². The van der Waals surface area contributed by atoms with Crippen molar-refractivity contribution in [1.29, 1.82) is 0 Å². The molecule has 3 radical (unpaired) electrons. The number of aromatic nitrogens is 2. The fourth-order valence-corrected chi connectivity index (χ4v) is 0.647. The Kier molecular flexibility index (Phi) is 6.79. The first-order valence-electron chi connectivity index (χ1n) is 2.83. The van der Waals surface area contributed by atoms with E-state index in [4.69, 9.17) is 0 Å². The molecule has 0 fully saturated rings. The highest BCUT2D eigenvalue weighted by atomic mass is 27.0. The molecule has 0 aromatic carbocycles. The van der Waals surface area contributed by atoms with E-state index in [0.29, 0.717) is 0 Å². The quantitative estimate of drug-likeness (QED) is 0.573. The first-order chi connectivity index (χ1) is 3.83. The van der Waals surface area contributed by atoms with Crippen LogP contribution in [0.5, 0.6) is 0 Å². The maximum Gasteiger partial charge on any atom is 0.105 e. The molecule has 0 unspecified atom stereocenters. The predicted molar refractivity (Wildman–Crippen MR) is 42.1 cm³/mol. The monoisotopic (exact) mass is 155 g/mol. The molecule has 0 aliphatic rings. The van der Waals surface area contributed by atoms with Crippen LogP contribution in [0.3, 0.4) is 0 Å². The summed E-state index contributed by atoms with van der Waals surface area (Å²) < 4.78 is 0. The summed E-state index contributed by atoms with van der Waals surface area (Å²) in [5, 5.41) is 0. The van der Waals surface area contributed by atoms with Crippen molar-refractivity contribution in [1.82, 2.24) is 9.97 Å². The molecule has 1 aromatic heterocycles.